The Morgan fingerprint density at radius 3 is 2.58 bits per heavy atom. The smallest absolute Gasteiger partial charge is 0.161 e. The molecule has 0 radical (unpaired) electrons. The lowest BCUT2D eigenvalue weighted by Crippen LogP contribution is -2.31. The number of rotatable bonds is 7. The summed E-state index contributed by atoms with van der Waals surface area (Å²) >= 11 is 0. The minimum atomic E-state index is -0.818. The fourth-order valence-electron chi connectivity index (χ4n) is 1.57. The number of hydrogen-bond acceptors (Lipinski definition) is 4. The highest BCUT2D eigenvalue weighted by atomic mass is 16.5. The fourth-order valence-corrected chi connectivity index (χ4v) is 1.57. The van der Waals surface area contributed by atoms with E-state index >= 15 is 0 Å². The number of nitrogens with one attached hydrogen (secondary N) is 1. The topological polar surface area (TPSA) is 50.7 Å². The molecule has 2 atom stereocenters. The van der Waals surface area contributed by atoms with Gasteiger partial charge in [0, 0.05) is 6.04 Å². The lowest BCUT2D eigenvalue weighted by atomic mass is 10.1. The molecule has 0 aliphatic carbocycles. The van der Waals surface area contributed by atoms with E-state index in [4.69, 9.17) is 9.47 Å². The van der Waals surface area contributed by atoms with Gasteiger partial charge in [-0.2, -0.15) is 0 Å². The third kappa shape index (κ3) is 4.40. The lowest BCUT2D eigenvalue weighted by molar-refractivity contribution is 0.00774. The third-order valence-corrected chi connectivity index (χ3v) is 3.42. The van der Waals surface area contributed by atoms with Crippen LogP contribution in [-0.4, -0.2) is 31.5 Å². The molecular weight excluding hydrogens is 242 g/mol. The molecule has 4 heteroatoms. The summed E-state index contributed by atoms with van der Waals surface area (Å²) in [6.07, 6.45) is 0.643. The van der Waals surface area contributed by atoms with Crippen molar-refractivity contribution in [3.63, 3.8) is 0 Å². The molecule has 0 aliphatic rings. The fraction of sp³-hybridized carbons (Fsp3) is 0.600. The molecule has 19 heavy (non-hydrogen) atoms. The second-order valence-electron chi connectivity index (χ2n) is 5.06. The zero-order valence-electron chi connectivity index (χ0n) is 12.5. The highest BCUT2D eigenvalue weighted by molar-refractivity contribution is 5.43. The van der Waals surface area contributed by atoms with Crippen LogP contribution in [0.25, 0.3) is 0 Å². The van der Waals surface area contributed by atoms with Crippen LogP contribution in [0.5, 0.6) is 11.5 Å². The first-order chi connectivity index (χ1) is 8.93. The van der Waals surface area contributed by atoms with Gasteiger partial charge in [-0.1, -0.05) is 13.0 Å². The van der Waals surface area contributed by atoms with Crippen molar-refractivity contribution < 1.29 is 14.6 Å². The summed E-state index contributed by atoms with van der Waals surface area (Å²) in [6, 6.07) is 6.09. The third-order valence-electron chi connectivity index (χ3n) is 3.42. The first kappa shape index (κ1) is 15.8. The highest BCUT2D eigenvalue weighted by Crippen LogP contribution is 2.31. The number of hydrogen-bond donors (Lipinski definition) is 2. The normalized spacial score (nSPS) is 15.7. The van der Waals surface area contributed by atoms with Crippen LogP contribution in [0, 0.1) is 0 Å². The van der Waals surface area contributed by atoms with Crippen LogP contribution < -0.4 is 14.8 Å². The van der Waals surface area contributed by atoms with Gasteiger partial charge in [-0.05, 0) is 45.0 Å². The number of methoxy groups -OCH3 is 1. The molecule has 0 aliphatic heterocycles. The largest absolute Gasteiger partial charge is 0.493 e. The summed E-state index contributed by atoms with van der Waals surface area (Å²) in [5, 5.41) is 13.1. The van der Waals surface area contributed by atoms with Crippen molar-refractivity contribution in [3.05, 3.63) is 23.8 Å². The van der Waals surface area contributed by atoms with Crippen molar-refractivity contribution in [3.8, 4) is 11.5 Å². The quantitative estimate of drug-likeness (QED) is 0.797. The average molecular weight is 267 g/mol. The Kier molecular flexibility index (Phi) is 5.63. The van der Waals surface area contributed by atoms with Gasteiger partial charge < -0.3 is 19.9 Å². The van der Waals surface area contributed by atoms with Crippen LogP contribution in [0.3, 0.4) is 0 Å². The number of benzene rings is 1. The monoisotopic (exact) mass is 267 g/mol. The van der Waals surface area contributed by atoms with Gasteiger partial charge in [0.2, 0.25) is 0 Å². The summed E-state index contributed by atoms with van der Waals surface area (Å²) in [5.74, 6) is 1.34. The lowest BCUT2D eigenvalue weighted by Gasteiger charge is -2.22. The van der Waals surface area contributed by atoms with Crippen LogP contribution >= 0.6 is 0 Å². The minimum absolute atomic E-state index is 0.251. The van der Waals surface area contributed by atoms with Crippen molar-refractivity contribution in [2.75, 3.05) is 20.8 Å². The average Bonchev–Trinajstić information content (AvgIpc) is 2.44. The van der Waals surface area contributed by atoms with Crippen LogP contribution in [0.4, 0.5) is 0 Å². The molecule has 0 spiro atoms. The maximum absolute atomic E-state index is 9.95. The van der Waals surface area contributed by atoms with Gasteiger partial charge in [0.15, 0.2) is 11.5 Å². The predicted molar refractivity (Wildman–Crippen MR) is 76.9 cm³/mol. The van der Waals surface area contributed by atoms with Crippen LogP contribution in [-0.2, 0) is 0 Å². The first-order valence-electron chi connectivity index (χ1n) is 6.64. The maximum atomic E-state index is 9.95. The molecule has 0 amide bonds. The zero-order chi connectivity index (χ0) is 14.5. The molecule has 1 rings (SSSR count). The Hall–Kier alpha value is -1.26. The molecular formula is C15H25NO3. The summed E-state index contributed by atoms with van der Waals surface area (Å²) in [5.41, 5.74) is 0.316. The van der Waals surface area contributed by atoms with Crippen LogP contribution in [0.15, 0.2) is 18.2 Å². The zero-order valence-corrected chi connectivity index (χ0v) is 12.5. The van der Waals surface area contributed by atoms with E-state index in [0.29, 0.717) is 17.9 Å². The van der Waals surface area contributed by atoms with E-state index in [1.807, 2.05) is 32.2 Å². The molecule has 0 saturated heterocycles. The van der Waals surface area contributed by atoms with Crippen molar-refractivity contribution >= 4 is 0 Å². The summed E-state index contributed by atoms with van der Waals surface area (Å²) in [7, 11) is 3.54. The SMILES string of the molecule is CCC(C)(O)COc1ccc(C(C)NC)cc1OC. The first-order valence-corrected chi connectivity index (χ1v) is 6.64. The van der Waals surface area contributed by atoms with E-state index in [9.17, 15) is 5.11 Å². The molecule has 1 aromatic carbocycles. The molecule has 108 valence electrons. The van der Waals surface area contributed by atoms with Crippen molar-refractivity contribution in [2.24, 2.45) is 0 Å². The summed E-state index contributed by atoms with van der Waals surface area (Å²) in [6.45, 7) is 6.02. The molecule has 0 fully saturated rings. The van der Waals surface area contributed by atoms with Gasteiger partial charge in [0.25, 0.3) is 0 Å². The Morgan fingerprint density at radius 2 is 2.05 bits per heavy atom. The predicted octanol–water partition coefficient (Wildman–Crippen LogP) is 2.52. The van der Waals surface area contributed by atoms with Gasteiger partial charge in [-0.25, -0.2) is 0 Å². The Labute approximate surface area is 115 Å². The molecule has 0 saturated carbocycles. The van der Waals surface area contributed by atoms with Gasteiger partial charge >= 0.3 is 0 Å². The number of aliphatic hydroxyl groups is 1. The second-order valence-corrected chi connectivity index (χ2v) is 5.06. The second kappa shape index (κ2) is 6.78. The van der Waals surface area contributed by atoms with Crippen LogP contribution in [0.1, 0.15) is 38.8 Å². The van der Waals surface area contributed by atoms with E-state index in [-0.39, 0.29) is 12.6 Å². The van der Waals surface area contributed by atoms with Crippen molar-refractivity contribution in [2.45, 2.75) is 38.8 Å². The number of ether oxygens (including phenoxy) is 2. The Morgan fingerprint density at radius 1 is 1.37 bits per heavy atom. The molecule has 1 aromatic rings. The standard InChI is InChI=1S/C15H25NO3/c1-6-15(3,17)10-19-13-8-7-12(11(2)16-4)9-14(13)18-5/h7-9,11,16-17H,6,10H2,1-5H3. The van der Waals surface area contributed by atoms with Gasteiger partial charge in [-0.15, -0.1) is 0 Å². The molecule has 0 aromatic heterocycles. The molecule has 0 heterocycles. The van der Waals surface area contributed by atoms with Gasteiger partial charge in [-0.3, -0.25) is 0 Å². The minimum Gasteiger partial charge on any atom is -0.493 e. The van der Waals surface area contributed by atoms with E-state index in [2.05, 4.69) is 12.2 Å². The molecule has 2 unspecified atom stereocenters. The van der Waals surface area contributed by atoms with E-state index < -0.39 is 5.60 Å². The summed E-state index contributed by atoms with van der Waals surface area (Å²) < 4.78 is 11.0. The Balaban J connectivity index is 2.84. The van der Waals surface area contributed by atoms with Gasteiger partial charge in [0.1, 0.15) is 6.61 Å². The molecule has 2 N–H and O–H groups in total. The van der Waals surface area contributed by atoms with Crippen LogP contribution in [0.2, 0.25) is 0 Å². The Bertz CT molecular complexity index is 404. The molecule has 0 bridgehead atoms. The van der Waals surface area contributed by atoms with Crippen molar-refractivity contribution in [1.82, 2.24) is 5.32 Å². The van der Waals surface area contributed by atoms with Gasteiger partial charge in [0.05, 0.1) is 12.7 Å². The van der Waals surface area contributed by atoms with E-state index in [1.165, 1.54) is 0 Å². The van der Waals surface area contributed by atoms with E-state index in [1.54, 1.807) is 14.0 Å². The molecule has 4 nitrogen and oxygen atoms in total. The van der Waals surface area contributed by atoms with E-state index in [0.717, 1.165) is 5.56 Å². The highest BCUT2D eigenvalue weighted by Gasteiger charge is 2.19. The van der Waals surface area contributed by atoms with Crippen molar-refractivity contribution in [1.29, 1.82) is 0 Å². The maximum Gasteiger partial charge on any atom is 0.161 e. The summed E-state index contributed by atoms with van der Waals surface area (Å²) in [4.78, 5) is 0.